The molecule has 0 saturated heterocycles. The number of aromatic carboxylic acids is 1. The maximum Gasteiger partial charge on any atom is 0.335 e. The van der Waals surface area contributed by atoms with E-state index in [2.05, 4.69) is 23.5 Å². The van der Waals surface area contributed by atoms with Crippen molar-refractivity contribution in [3.05, 3.63) is 76.8 Å². The van der Waals surface area contributed by atoms with Crippen molar-refractivity contribution in [2.75, 3.05) is 5.32 Å². The number of benzene rings is 3. The fourth-order valence-corrected chi connectivity index (χ4v) is 2.62. The van der Waals surface area contributed by atoms with E-state index in [1.807, 2.05) is 24.3 Å². The molecule has 0 atom stereocenters. The van der Waals surface area contributed by atoms with Crippen LogP contribution in [0, 0.1) is 0 Å². The Kier molecular flexibility index (Phi) is 3.98. The summed E-state index contributed by atoms with van der Waals surface area (Å²) in [7, 11) is 0. The Bertz CT molecular complexity index is 840. The maximum atomic E-state index is 11.0. The van der Waals surface area contributed by atoms with Crippen LogP contribution in [0.15, 0.2) is 60.7 Å². The number of halogens is 1. The highest BCUT2D eigenvalue weighted by Crippen LogP contribution is 2.25. The first-order valence-electron chi connectivity index (χ1n) is 6.88. The Labute approximate surface area is 133 Å². The molecule has 0 bridgehead atoms. The first-order chi connectivity index (χ1) is 10.6. The Morgan fingerprint density at radius 3 is 2.64 bits per heavy atom. The molecule has 3 rings (SSSR count). The zero-order valence-corrected chi connectivity index (χ0v) is 12.5. The summed E-state index contributed by atoms with van der Waals surface area (Å²) in [4.78, 5) is 11.0. The highest BCUT2D eigenvalue weighted by molar-refractivity contribution is 6.33. The van der Waals surface area contributed by atoms with Gasteiger partial charge in [0.2, 0.25) is 0 Å². The number of hydrogen-bond acceptors (Lipinski definition) is 2. The molecule has 0 aliphatic rings. The van der Waals surface area contributed by atoms with E-state index in [1.54, 1.807) is 12.1 Å². The minimum atomic E-state index is -0.968. The molecule has 3 nitrogen and oxygen atoms in total. The SMILES string of the molecule is O=C(O)c1ccc(Cl)c(NCc2cccc3ccccc23)c1. The summed E-state index contributed by atoms with van der Waals surface area (Å²) in [6.07, 6.45) is 0. The molecule has 3 aromatic carbocycles. The van der Waals surface area contributed by atoms with E-state index >= 15 is 0 Å². The quantitative estimate of drug-likeness (QED) is 0.727. The summed E-state index contributed by atoms with van der Waals surface area (Å²) in [5.41, 5.74) is 1.97. The predicted octanol–water partition coefficient (Wildman–Crippen LogP) is 4.80. The van der Waals surface area contributed by atoms with Crippen LogP contribution in [0.4, 0.5) is 5.69 Å². The lowest BCUT2D eigenvalue weighted by Gasteiger charge is -2.11. The molecule has 22 heavy (non-hydrogen) atoms. The molecule has 2 N–H and O–H groups in total. The van der Waals surface area contributed by atoms with Gasteiger partial charge in [-0.2, -0.15) is 0 Å². The zero-order chi connectivity index (χ0) is 15.5. The van der Waals surface area contributed by atoms with Crippen LogP contribution in [0.1, 0.15) is 15.9 Å². The van der Waals surface area contributed by atoms with Crippen LogP contribution in [-0.4, -0.2) is 11.1 Å². The van der Waals surface area contributed by atoms with Crippen molar-refractivity contribution in [3.8, 4) is 0 Å². The molecule has 0 aliphatic heterocycles. The van der Waals surface area contributed by atoms with Crippen molar-refractivity contribution in [2.45, 2.75) is 6.54 Å². The molecule has 0 aromatic heterocycles. The van der Waals surface area contributed by atoms with Gasteiger partial charge in [0.25, 0.3) is 0 Å². The number of rotatable bonds is 4. The molecule has 0 radical (unpaired) electrons. The monoisotopic (exact) mass is 311 g/mol. The van der Waals surface area contributed by atoms with Crippen LogP contribution in [0.2, 0.25) is 5.02 Å². The standard InChI is InChI=1S/C18H14ClNO2/c19-16-9-8-13(18(21)22)10-17(16)20-11-14-6-3-5-12-4-1-2-7-15(12)14/h1-10,20H,11H2,(H,21,22). The van der Waals surface area contributed by atoms with E-state index in [0.29, 0.717) is 17.3 Å². The number of carboxylic acid groups (broad SMARTS) is 1. The van der Waals surface area contributed by atoms with Crippen molar-refractivity contribution in [3.63, 3.8) is 0 Å². The Hall–Kier alpha value is -2.52. The van der Waals surface area contributed by atoms with Gasteiger partial charge >= 0.3 is 5.97 Å². The molecular formula is C18H14ClNO2. The van der Waals surface area contributed by atoms with Gasteiger partial charge in [0.05, 0.1) is 16.3 Å². The smallest absolute Gasteiger partial charge is 0.335 e. The second-order valence-corrected chi connectivity index (χ2v) is 5.40. The summed E-state index contributed by atoms with van der Waals surface area (Å²) in [5.74, 6) is -0.968. The molecule has 0 saturated carbocycles. The third-order valence-corrected chi connectivity index (χ3v) is 3.89. The second kappa shape index (κ2) is 6.08. The van der Waals surface area contributed by atoms with Crippen LogP contribution >= 0.6 is 11.6 Å². The van der Waals surface area contributed by atoms with E-state index < -0.39 is 5.97 Å². The first-order valence-corrected chi connectivity index (χ1v) is 7.26. The van der Waals surface area contributed by atoms with E-state index in [-0.39, 0.29) is 5.56 Å². The normalized spacial score (nSPS) is 10.6. The summed E-state index contributed by atoms with van der Waals surface area (Å²) >= 11 is 6.13. The van der Waals surface area contributed by atoms with Gasteiger partial charge in [-0.1, -0.05) is 54.1 Å². The molecular weight excluding hydrogens is 298 g/mol. The largest absolute Gasteiger partial charge is 0.478 e. The Balaban J connectivity index is 1.88. The number of nitrogens with one attached hydrogen (secondary N) is 1. The molecule has 0 unspecified atom stereocenters. The molecule has 0 amide bonds. The number of anilines is 1. The summed E-state index contributed by atoms with van der Waals surface area (Å²) in [6, 6.07) is 18.9. The van der Waals surface area contributed by atoms with E-state index in [4.69, 9.17) is 16.7 Å². The summed E-state index contributed by atoms with van der Waals surface area (Å²) in [6.45, 7) is 0.574. The lowest BCUT2D eigenvalue weighted by Crippen LogP contribution is -2.03. The van der Waals surface area contributed by atoms with Gasteiger partial charge in [-0.3, -0.25) is 0 Å². The van der Waals surface area contributed by atoms with Gasteiger partial charge in [0.1, 0.15) is 0 Å². The van der Waals surface area contributed by atoms with Crippen molar-refractivity contribution in [2.24, 2.45) is 0 Å². The molecule has 110 valence electrons. The maximum absolute atomic E-state index is 11.0. The lowest BCUT2D eigenvalue weighted by molar-refractivity contribution is 0.0697. The van der Waals surface area contributed by atoms with Gasteiger partial charge < -0.3 is 10.4 Å². The second-order valence-electron chi connectivity index (χ2n) is 4.99. The van der Waals surface area contributed by atoms with Gasteiger partial charge in [0.15, 0.2) is 0 Å². The Morgan fingerprint density at radius 1 is 1.05 bits per heavy atom. The highest BCUT2D eigenvalue weighted by atomic mass is 35.5. The van der Waals surface area contributed by atoms with Crippen molar-refractivity contribution in [1.82, 2.24) is 0 Å². The first kappa shape index (κ1) is 14.4. The average molecular weight is 312 g/mol. The number of carboxylic acids is 1. The minimum Gasteiger partial charge on any atom is -0.478 e. The summed E-state index contributed by atoms with van der Waals surface area (Å²) < 4.78 is 0. The summed E-state index contributed by atoms with van der Waals surface area (Å²) in [5, 5.41) is 15.1. The van der Waals surface area contributed by atoms with Gasteiger partial charge in [0, 0.05) is 6.54 Å². The number of hydrogen-bond donors (Lipinski definition) is 2. The van der Waals surface area contributed by atoms with E-state index in [9.17, 15) is 4.79 Å². The third kappa shape index (κ3) is 2.90. The molecule has 0 aliphatic carbocycles. The lowest BCUT2D eigenvalue weighted by atomic mass is 10.0. The predicted molar refractivity (Wildman–Crippen MR) is 89.7 cm³/mol. The zero-order valence-electron chi connectivity index (χ0n) is 11.7. The average Bonchev–Trinajstić information content (AvgIpc) is 2.54. The van der Waals surface area contributed by atoms with Gasteiger partial charge in [-0.05, 0) is 34.5 Å². The fraction of sp³-hybridized carbons (Fsp3) is 0.0556. The van der Waals surface area contributed by atoms with Crippen molar-refractivity contribution < 1.29 is 9.90 Å². The van der Waals surface area contributed by atoms with Gasteiger partial charge in [-0.15, -0.1) is 0 Å². The number of fused-ring (bicyclic) bond motifs is 1. The van der Waals surface area contributed by atoms with Gasteiger partial charge in [-0.25, -0.2) is 4.79 Å². The molecule has 0 heterocycles. The van der Waals surface area contributed by atoms with Crippen molar-refractivity contribution in [1.29, 1.82) is 0 Å². The third-order valence-electron chi connectivity index (χ3n) is 3.56. The fourth-order valence-electron chi connectivity index (χ4n) is 2.43. The topological polar surface area (TPSA) is 49.3 Å². The van der Waals surface area contributed by atoms with Crippen LogP contribution in [-0.2, 0) is 6.54 Å². The highest BCUT2D eigenvalue weighted by Gasteiger charge is 2.08. The van der Waals surface area contributed by atoms with Crippen LogP contribution < -0.4 is 5.32 Å². The minimum absolute atomic E-state index is 0.213. The Morgan fingerprint density at radius 2 is 1.82 bits per heavy atom. The van der Waals surface area contributed by atoms with E-state index in [0.717, 1.165) is 5.56 Å². The molecule has 0 spiro atoms. The van der Waals surface area contributed by atoms with Crippen LogP contribution in [0.3, 0.4) is 0 Å². The number of carbonyl (C=O) groups is 1. The van der Waals surface area contributed by atoms with Crippen molar-refractivity contribution >= 4 is 34.0 Å². The molecule has 4 heteroatoms. The van der Waals surface area contributed by atoms with Crippen LogP contribution in [0.25, 0.3) is 10.8 Å². The molecule has 3 aromatic rings. The van der Waals surface area contributed by atoms with E-state index in [1.165, 1.54) is 16.8 Å². The molecule has 0 fully saturated rings. The van der Waals surface area contributed by atoms with Crippen LogP contribution in [0.5, 0.6) is 0 Å².